The van der Waals surface area contributed by atoms with Gasteiger partial charge in [0.2, 0.25) is 10.0 Å². The molecule has 1 aromatic carbocycles. The lowest BCUT2D eigenvalue weighted by atomic mass is 10.00. The molecule has 0 bridgehead atoms. The zero-order chi connectivity index (χ0) is 15.6. The van der Waals surface area contributed by atoms with Crippen molar-refractivity contribution in [2.45, 2.75) is 12.8 Å². The second-order valence-electron chi connectivity index (χ2n) is 5.44. The Labute approximate surface area is 129 Å². The molecule has 0 spiro atoms. The van der Waals surface area contributed by atoms with Gasteiger partial charge in [0.1, 0.15) is 0 Å². The van der Waals surface area contributed by atoms with Crippen molar-refractivity contribution >= 4 is 26.5 Å². The molecule has 3 rings (SSSR count). The highest BCUT2D eigenvalue weighted by Gasteiger charge is 2.24. The van der Waals surface area contributed by atoms with E-state index in [0.29, 0.717) is 19.5 Å². The van der Waals surface area contributed by atoms with Crippen molar-refractivity contribution in [3.05, 3.63) is 42.1 Å². The lowest BCUT2D eigenvalue weighted by Crippen LogP contribution is -2.36. The molecule has 4 nitrogen and oxygen atoms in total. The molecule has 1 aliphatic rings. The summed E-state index contributed by atoms with van der Waals surface area (Å²) in [4.78, 5) is 3.24. The van der Waals surface area contributed by atoms with E-state index < -0.39 is 16.7 Å². The number of hydrogen-bond acceptors (Lipinski definition) is 2. The number of benzene rings is 1. The Morgan fingerprint density at radius 3 is 2.82 bits per heavy atom. The molecule has 0 saturated carbocycles. The van der Waals surface area contributed by atoms with E-state index in [1.165, 1.54) is 4.31 Å². The van der Waals surface area contributed by atoms with Crippen molar-refractivity contribution in [2.24, 2.45) is 0 Å². The number of aromatic nitrogens is 1. The van der Waals surface area contributed by atoms with Crippen molar-refractivity contribution in [1.82, 2.24) is 9.29 Å². The lowest BCUT2D eigenvalue weighted by molar-refractivity contribution is 0.432. The van der Waals surface area contributed by atoms with Gasteiger partial charge in [0, 0.05) is 35.8 Å². The number of sulfonamides is 1. The van der Waals surface area contributed by atoms with Gasteiger partial charge in [-0.15, -0.1) is 0 Å². The third-order valence-corrected chi connectivity index (χ3v) is 5.96. The molecule has 1 N–H and O–H groups in total. The van der Waals surface area contributed by atoms with E-state index in [2.05, 4.69) is 11.1 Å². The van der Waals surface area contributed by atoms with E-state index in [4.69, 9.17) is 0 Å². The van der Waals surface area contributed by atoms with E-state index in [1.54, 1.807) is 0 Å². The highest BCUT2D eigenvalue weighted by molar-refractivity contribution is 7.89. The molecule has 1 aliphatic heterocycles. The maximum absolute atomic E-state index is 12.2. The molecular formula is C16H19FN2O2S. The Balaban J connectivity index is 1.79. The highest BCUT2D eigenvalue weighted by atomic mass is 32.2. The summed E-state index contributed by atoms with van der Waals surface area (Å²) in [5.74, 6) is -0.111. The third-order valence-electron chi connectivity index (χ3n) is 4.04. The van der Waals surface area contributed by atoms with Gasteiger partial charge in [-0.1, -0.05) is 24.3 Å². The third kappa shape index (κ3) is 2.94. The SMILES string of the molecule is O=S(=O)(CCCF)N1CC=C(c2c[nH]c3ccccc23)CC1. The van der Waals surface area contributed by atoms with Crippen molar-refractivity contribution in [1.29, 1.82) is 0 Å². The van der Waals surface area contributed by atoms with E-state index in [-0.39, 0.29) is 12.2 Å². The quantitative estimate of drug-likeness (QED) is 0.920. The Morgan fingerprint density at radius 2 is 2.09 bits per heavy atom. The van der Waals surface area contributed by atoms with Gasteiger partial charge in [0.25, 0.3) is 0 Å². The first-order chi connectivity index (χ1) is 10.6. The summed E-state index contributed by atoms with van der Waals surface area (Å²) in [5, 5.41) is 1.16. The Kier molecular flexibility index (Phi) is 4.31. The summed E-state index contributed by atoms with van der Waals surface area (Å²) in [5.41, 5.74) is 3.38. The van der Waals surface area contributed by atoms with Crippen LogP contribution in [0, 0.1) is 0 Å². The molecule has 0 radical (unpaired) electrons. The monoisotopic (exact) mass is 322 g/mol. The van der Waals surface area contributed by atoms with E-state index >= 15 is 0 Å². The smallest absolute Gasteiger partial charge is 0.214 e. The number of alkyl halides is 1. The zero-order valence-corrected chi connectivity index (χ0v) is 13.1. The van der Waals surface area contributed by atoms with Crippen LogP contribution in [0.4, 0.5) is 4.39 Å². The van der Waals surface area contributed by atoms with Crippen LogP contribution in [0.2, 0.25) is 0 Å². The van der Waals surface area contributed by atoms with Crippen LogP contribution in [-0.2, 0) is 10.0 Å². The molecule has 22 heavy (non-hydrogen) atoms. The molecule has 0 aliphatic carbocycles. The van der Waals surface area contributed by atoms with Crippen molar-refractivity contribution in [2.75, 3.05) is 25.5 Å². The van der Waals surface area contributed by atoms with Gasteiger partial charge in [-0.3, -0.25) is 4.39 Å². The number of halogens is 1. The number of fused-ring (bicyclic) bond motifs is 1. The molecular weight excluding hydrogens is 303 g/mol. The van der Waals surface area contributed by atoms with Crippen molar-refractivity contribution < 1.29 is 12.8 Å². The van der Waals surface area contributed by atoms with Crippen LogP contribution >= 0.6 is 0 Å². The number of aromatic amines is 1. The van der Waals surface area contributed by atoms with Crippen LogP contribution in [0.1, 0.15) is 18.4 Å². The van der Waals surface area contributed by atoms with Crippen LogP contribution in [-0.4, -0.2) is 43.2 Å². The Morgan fingerprint density at radius 1 is 1.27 bits per heavy atom. The van der Waals surface area contributed by atoms with Crippen molar-refractivity contribution in [3.8, 4) is 0 Å². The van der Waals surface area contributed by atoms with E-state index in [0.717, 1.165) is 22.0 Å². The summed E-state index contributed by atoms with van der Waals surface area (Å²) in [6.45, 7) is 0.229. The molecule has 0 saturated heterocycles. The van der Waals surface area contributed by atoms with Gasteiger partial charge in [-0.25, -0.2) is 8.42 Å². The molecule has 2 aromatic rings. The largest absolute Gasteiger partial charge is 0.361 e. The maximum atomic E-state index is 12.2. The summed E-state index contributed by atoms with van der Waals surface area (Å²) in [6.07, 6.45) is 4.68. The lowest BCUT2D eigenvalue weighted by Gasteiger charge is -2.25. The Bertz CT molecular complexity index is 795. The second-order valence-corrected chi connectivity index (χ2v) is 7.53. The molecule has 0 unspecified atom stereocenters. The average Bonchev–Trinajstić information content (AvgIpc) is 2.97. The molecule has 6 heteroatoms. The fourth-order valence-corrected chi connectivity index (χ4v) is 4.25. The van der Waals surface area contributed by atoms with Gasteiger partial charge < -0.3 is 4.98 Å². The fraction of sp³-hybridized carbons (Fsp3) is 0.375. The first-order valence-electron chi connectivity index (χ1n) is 7.41. The van der Waals surface area contributed by atoms with Gasteiger partial charge in [0.15, 0.2) is 0 Å². The summed E-state index contributed by atoms with van der Waals surface area (Å²) < 4.78 is 37.8. The zero-order valence-electron chi connectivity index (χ0n) is 12.3. The number of hydrogen-bond donors (Lipinski definition) is 1. The van der Waals surface area contributed by atoms with Crippen LogP contribution in [0.5, 0.6) is 0 Å². The fourth-order valence-electron chi connectivity index (χ4n) is 2.85. The maximum Gasteiger partial charge on any atom is 0.214 e. The summed E-state index contributed by atoms with van der Waals surface area (Å²) in [7, 11) is -3.34. The first kappa shape index (κ1) is 15.2. The minimum absolute atomic E-state index is 0.0673. The topological polar surface area (TPSA) is 53.2 Å². The normalized spacial score (nSPS) is 16.9. The number of H-pyrrole nitrogens is 1. The predicted molar refractivity (Wildman–Crippen MR) is 86.8 cm³/mol. The number of nitrogens with one attached hydrogen (secondary N) is 1. The Hall–Kier alpha value is -1.66. The average molecular weight is 322 g/mol. The van der Waals surface area contributed by atoms with Gasteiger partial charge in [-0.05, 0) is 24.5 Å². The minimum atomic E-state index is -3.34. The van der Waals surface area contributed by atoms with Crippen LogP contribution in [0.25, 0.3) is 16.5 Å². The van der Waals surface area contributed by atoms with Crippen molar-refractivity contribution in [3.63, 3.8) is 0 Å². The van der Waals surface area contributed by atoms with Gasteiger partial charge >= 0.3 is 0 Å². The molecule has 1 aromatic heterocycles. The highest BCUT2D eigenvalue weighted by Crippen LogP contribution is 2.29. The van der Waals surface area contributed by atoms with Gasteiger partial charge in [-0.2, -0.15) is 4.31 Å². The standard InChI is InChI=1S/C16H19FN2O2S/c17-8-3-11-22(20,21)19-9-6-13(7-10-19)15-12-18-16-5-2-1-4-14(15)16/h1-2,4-6,12,18H,3,7-11H2. The first-order valence-corrected chi connectivity index (χ1v) is 9.02. The molecule has 2 heterocycles. The van der Waals surface area contributed by atoms with Gasteiger partial charge in [0.05, 0.1) is 12.4 Å². The van der Waals surface area contributed by atoms with E-state index in [9.17, 15) is 12.8 Å². The predicted octanol–water partition coefficient (Wildman–Crippen LogP) is 2.95. The van der Waals surface area contributed by atoms with E-state index in [1.807, 2.05) is 30.5 Å². The molecule has 0 atom stereocenters. The van der Waals surface area contributed by atoms with Crippen LogP contribution in [0.3, 0.4) is 0 Å². The number of nitrogens with zero attached hydrogens (tertiary/aromatic N) is 1. The van der Waals surface area contributed by atoms with Crippen LogP contribution < -0.4 is 0 Å². The molecule has 118 valence electrons. The number of rotatable bonds is 5. The second kappa shape index (κ2) is 6.22. The summed E-state index contributed by atoms with van der Waals surface area (Å²) in [6, 6.07) is 8.07. The molecule has 0 fully saturated rings. The molecule has 0 amide bonds. The summed E-state index contributed by atoms with van der Waals surface area (Å²) >= 11 is 0. The van der Waals surface area contributed by atoms with Crippen LogP contribution in [0.15, 0.2) is 36.5 Å². The number of para-hydroxylation sites is 1. The minimum Gasteiger partial charge on any atom is -0.361 e.